The van der Waals surface area contributed by atoms with E-state index in [0.29, 0.717) is 40.4 Å². The number of esters is 1. The summed E-state index contributed by atoms with van der Waals surface area (Å²) in [4.78, 5) is 29.5. The summed E-state index contributed by atoms with van der Waals surface area (Å²) < 4.78 is 6.94. The van der Waals surface area contributed by atoms with Crippen LogP contribution in [0.15, 0.2) is 36.4 Å². The molecule has 3 rings (SSSR count). The molecular weight excluding hydrogens is 368 g/mol. The van der Waals surface area contributed by atoms with E-state index in [0.717, 1.165) is 12.0 Å². The molecule has 0 saturated carbocycles. The molecule has 2 aromatic heterocycles. The molecule has 0 radical (unpaired) electrons. The Morgan fingerprint density at radius 2 is 1.93 bits per heavy atom. The number of rotatable bonds is 7. The summed E-state index contributed by atoms with van der Waals surface area (Å²) in [6.07, 6.45) is 0.875. The van der Waals surface area contributed by atoms with Crippen LogP contribution in [0.3, 0.4) is 0 Å². The summed E-state index contributed by atoms with van der Waals surface area (Å²) >= 11 is 0. The van der Waals surface area contributed by atoms with Crippen molar-refractivity contribution in [3.63, 3.8) is 0 Å². The van der Waals surface area contributed by atoms with Gasteiger partial charge in [0.1, 0.15) is 0 Å². The second-order valence-corrected chi connectivity index (χ2v) is 7.44. The average molecular weight is 394 g/mol. The van der Waals surface area contributed by atoms with Crippen molar-refractivity contribution in [2.75, 3.05) is 13.2 Å². The monoisotopic (exact) mass is 394 g/mol. The molecule has 0 aliphatic heterocycles. The maximum absolute atomic E-state index is 12.8. The van der Waals surface area contributed by atoms with Crippen molar-refractivity contribution in [2.45, 2.75) is 27.2 Å². The van der Waals surface area contributed by atoms with Gasteiger partial charge in [-0.25, -0.2) is 9.78 Å². The third kappa shape index (κ3) is 4.80. The number of nitrogens with zero attached hydrogens (tertiary/aromatic N) is 3. The van der Waals surface area contributed by atoms with Gasteiger partial charge in [-0.1, -0.05) is 44.2 Å². The van der Waals surface area contributed by atoms with E-state index in [1.807, 2.05) is 37.3 Å². The number of hydrogen-bond acceptors (Lipinski definition) is 5. The first kappa shape index (κ1) is 20.5. The molecule has 29 heavy (non-hydrogen) atoms. The Balaban J connectivity index is 1.85. The molecule has 0 fully saturated rings. The SMILES string of the molecule is Cc1nn(C)c2nc(-c3ccccc3)cc(C(=O)OCC(=O)NCCC(C)C)c12. The van der Waals surface area contributed by atoms with Gasteiger partial charge >= 0.3 is 5.97 Å². The summed E-state index contributed by atoms with van der Waals surface area (Å²) in [6.45, 7) is 6.23. The second kappa shape index (κ2) is 8.86. The van der Waals surface area contributed by atoms with E-state index in [2.05, 4.69) is 29.2 Å². The van der Waals surface area contributed by atoms with E-state index in [9.17, 15) is 9.59 Å². The molecule has 0 unspecified atom stereocenters. The molecule has 7 heteroatoms. The van der Waals surface area contributed by atoms with E-state index < -0.39 is 5.97 Å². The first-order valence-electron chi connectivity index (χ1n) is 9.70. The maximum Gasteiger partial charge on any atom is 0.339 e. The highest BCUT2D eigenvalue weighted by molar-refractivity contribution is 6.05. The molecule has 0 atom stereocenters. The van der Waals surface area contributed by atoms with Crippen molar-refractivity contribution >= 4 is 22.9 Å². The Morgan fingerprint density at radius 1 is 1.21 bits per heavy atom. The Hall–Kier alpha value is -3.22. The Kier molecular flexibility index (Phi) is 6.26. The van der Waals surface area contributed by atoms with Gasteiger partial charge in [0.15, 0.2) is 12.3 Å². The third-order valence-corrected chi connectivity index (χ3v) is 4.64. The van der Waals surface area contributed by atoms with Crippen LogP contribution in [0.25, 0.3) is 22.3 Å². The van der Waals surface area contributed by atoms with Gasteiger partial charge in [-0.15, -0.1) is 0 Å². The van der Waals surface area contributed by atoms with Crippen LogP contribution in [0, 0.1) is 12.8 Å². The highest BCUT2D eigenvalue weighted by Crippen LogP contribution is 2.27. The molecular formula is C22H26N4O3. The van der Waals surface area contributed by atoms with Crippen molar-refractivity contribution in [1.82, 2.24) is 20.1 Å². The van der Waals surface area contributed by atoms with Crippen molar-refractivity contribution in [3.8, 4) is 11.3 Å². The molecule has 0 saturated heterocycles. The van der Waals surface area contributed by atoms with Crippen molar-refractivity contribution < 1.29 is 14.3 Å². The lowest BCUT2D eigenvalue weighted by atomic mass is 10.1. The number of carbonyl (C=O) groups excluding carboxylic acids is 2. The van der Waals surface area contributed by atoms with Gasteiger partial charge in [0.25, 0.3) is 5.91 Å². The van der Waals surface area contributed by atoms with Crippen LogP contribution in [0.5, 0.6) is 0 Å². The van der Waals surface area contributed by atoms with Crippen LogP contribution in [0.2, 0.25) is 0 Å². The molecule has 7 nitrogen and oxygen atoms in total. The average Bonchev–Trinajstić information content (AvgIpc) is 2.99. The van der Waals surface area contributed by atoms with Gasteiger partial charge in [0.05, 0.1) is 22.3 Å². The van der Waals surface area contributed by atoms with Crippen molar-refractivity contribution in [3.05, 3.63) is 47.7 Å². The number of aromatic nitrogens is 3. The quantitative estimate of drug-likeness (QED) is 0.622. The van der Waals surface area contributed by atoms with Crippen LogP contribution >= 0.6 is 0 Å². The van der Waals surface area contributed by atoms with E-state index in [-0.39, 0.29) is 12.5 Å². The number of carbonyl (C=O) groups is 2. The molecule has 0 aliphatic carbocycles. The summed E-state index contributed by atoms with van der Waals surface area (Å²) in [5.41, 5.74) is 3.16. The number of aryl methyl sites for hydroxylation is 2. The first-order chi connectivity index (χ1) is 13.9. The minimum atomic E-state index is -0.565. The van der Waals surface area contributed by atoms with E-state index in [1.54, 1.807) is 17.8 Å². The number of fused-ring (bicyclic) bond motifs is 1. The summed E-state index contributed by atoms with van der Waals surface area (Å²) in [6, 6.07) is 11.3. The van der Waals surface area contributed by atoms with Crippen molar-refractivity contribution in [2.24, 2.45) is 13.0 Å². The smallest absolute Gasteiger partial charge is 0.339 e. The summed E-state index contributed by atoms with van der Waals surface area (Å²) in [5, 5.41) is 7.79. The predicted molar refractivity (Wildman–Crippen MR) is 111 cm³/mol. The third-order valence-electron chi connectivity index (χ3n) is 4.64. The normalized spacial score (nSPS) is 11.1. The lowest BCUT2D eigenvalue weighted by Gasteiger charge is -2.10. The van der Waals surface area contributed by atoms with E-state index in [1.165, 1.54) is 0 Å². The second-order valence-electron chi connectivity index (χ2n) is 7.44. The lowest BCUT2D eigenvalue weighted by Crippen LogP contribution is -2.30. The van der Waals surface area contributed by atoms with Gasteiger partial charge in [0, 0.05) is 19.2 Å². The van der Waals surface area contributed by atoms with Crippen LogP contribution < -0.4 is 5.32 Å². The van der Waals surface area contributed by atoms with E-state index >= 15 is 0 Å². The molecule has 1 N–H and O–H groups in total. The first-order valence-corrected chi connectivity index (χ1v) is 9.70. The highest BCUT2D eigenvalue weighted by Gasteiger charge is 2.21. The molecule has 2 heterocycles. The molecule has 152 valence electrons. The molecule has 3 aromatic rings. The molecule has 0 bridgehead atoms. The van der Waals surface area contributed by atoms with Crippen LogP contribution in [-0.2, 0) is 16.6 Å². The molecule has 1 amide bonds. The molecule has 1 aromatic carbocycles. The zero-order valence-electron chi connectivity index (χ0n) is 17.2. The Labute approximate surface area is 170 Å². The number of benzene rings is 1. The summed E-state index contributed by atoms with van der Waals surface area (Å²) in [7, 11) is 1.79. The largest absolute Gasteiger partial charge is 0.452 e. The van der Waals surface area contributed by atoms with Gasteiger partial charge in [-0.3, -0.25) is 9.48 Å². The predicted octanol–water partition coefficient (Wildman–Crippen LogP) is 3.26. The molecule has 0 spiro atoms. The maximum atomic E-state index is 12.8. The Morgan fingerprint density at radius 3 is 2.62 bits per heavy atom. The topological polar surface area (TPSA) is 86.1 Å². The number of ether oxygens (including phenoxy) is 1. The van der Waals surface area contributed by atoms with Gasteiger partial charge in [-0.2, -0.15) is 5.10 Å². The summed E-state index contributed by atoms with van der Waals surface area (Å²) in [5.74, 6) is -0.381. The number of amides is 1. The van der Waals surface area contributed by atoms with E-state index in [4.69, 9.17) is 4.74 Å². The van der Waals surface area contributed by atoms with Crippen LogP contribution in [0.4, 0.5) is 0 Å². The zero-order valence-corrected chi connectivity index (χ0v) is 17.2. The van der Waals surface area contributed by atoms with Crippen molar-refractivity contribution in [1.29, 1.82) is 0 Å². The van der Waals surface area contributed by atoms with Gasteiger partial charge in [0.2, 0.25) is 0 Å². The lowest BCUT2D eigenvalue weighted by molar-refractivity contribution is -0.124. The minimum absolute atomic E-state index is 0.310. The number of hydrogen-bond donors (Lipinski definition) is 1. The fourth-order valence-electron chi connectivity index (χ4n) is 3.12. The standard InChI is InChI=1S/C22H26N4O3/c1-14(2)10-11-23-19(27)13-29-22(28)17-12-18(16-8-6-5-7-9-16)24-21-20(17)15(3)25-26(21)4/h5-9,12,14H,10-11,13H2,1-4H3,(H,23,27). The Bertz CT molecular complexity index is 1030. The van der Waals surface area contributed by atoms with Gasteiger partial charge < -0.3 is 10.1 Å². The highest BCUT2D eigenvalue weighted by atomic mass is 16.5. The van der Waals surface area contributed by atoms with Crippen LogP contribution in [0.1, 0.15) is 36.3 Å². The van der Waals surface area contributed by atoms with Gasteiger partial charge in [-0.05, 0) is 25.3 Å². The fraction of sp³-hybridized carbons (Fsp3) is 0.364. The minimum Gasteiger partial charge on any atom is -0.452 e. The molecule has 0 aliphatic rings. The fourth-order valence-corrected chi connectivity index (χ4v) is 3.12. The van der Waals surface area contributed by atoms with Crippen LogP contribution in [-0.4, -0.2) is 39.8 Å². The zero-order chi connectivity index (χ0) is 21.0. The number of pyridine rings is 1. The number of nitrogens with one attached hydrogen (secondary N) is 1.